The summed E-state index contributed by atoms with van der Waals surface area (Å²) < 4.78 is 17.5. The molecule has 0 saturated carbocycles. The zero-order valence-corrected chi connectivity index (χ0v) is 16.1. The van der Waals surface area contributed by atoms with Crippen molar-refractivity contribution in [3.63, 3.8) is 0 Å². The van der Waals surface area contributed by atoms with Crippen molar-refractivity contribution < 1.29 is 29.2 Å². The van der Waals surface area contributed by atoms with Crippen molar-refractivity contribution >= 4 is 6.09 Å². The Balaban J connectivity index is 1.36. The number of hydrogen-bond donors (Lipinski definition) is 2. The lowest BCUT2D eigenvalue weighted by Crippen LogP contribution is -2.72. The predicted octanol–water partition coefficient (Wildman–Crippen LogP) is 0.725. The predicted molar refractivity (Wildman–Crippen MR) is 100 cm³/mol. The van der Waals surface area contributed by atoms with Crippen molar-refractivity contribution in [1.29, 1.82) is 5.26 Å². The van der Waals surface area contributed by atoms with E-state index in [-0.39, 0.29) is 12.5 Å². The summed E-state index contributed by atoms with van der Waals surface area (Å²) >= 11 is 0. The molecule has 3 saturated heterocycles. The van der Waals surface area contributed by atoms with Crippen LogP contribution in [0.5, 0.6) is 5.75 Å². The zero-order valence-electron chi connectivity index (χ0n) is 16.1. The molecule has 156 valence electrons. The second-order valence-electron chi connectivity index (χ2n) is 7.94. The maximum atomic E-state index is 11.7. The van der Waals surface area contributed by atoms with E-state index in [1.165, 1.54) is 4.90 Å². The van der Waals surface area contributed by atoms with Crippen LogP contribution in [0.3, 0.4) is 0 Å². The van der Waals surface area contributed by atoms with Crippen molar-refractivity contribution in [2.75, 3.05) is 46.0 Å². The summed E-state index contributed by atoms with van der Waals surface area (Å²) in [5.41, 5.74) is -0.137. The van der Waals surface area contributed by atoms with Crippen LogP contribution in [0, 0.1) is 17.2 Å². The van der Waals surface area contributed by atoms with Gasteiger partial charge in [-0.05, 0) is 36.6 Å². The number of nitriles is 1. The Hall–Kier alpha value is -2.38. The minimum Gasteiger partial charge on any atom is -0.491 e. The van der Waals surface area contributed by atoms with Crippen LogP contribution in [0.25, 0.3) is 0 Å². The van der Waals surface area contributed by atoms with Gasteiger partial charge in [-0.25, -0.2) is 4.79 Å². The molecule has 4 atom stereocenters. The number of fused-ring (bicyclic) bond motifs is 1. The quantitative estimate of drug-likeness (QED) is 0.739. The summed E-state index contributed by atoms with van der Waals surface area (Å²) in [5.74, 6) is 0.725. The first-order valence-corrected chi connectivity index (χ1v) is 9.77. The largest absolute Gasteiger partial charge is 0.491 e. The lowest BCUT2D eigenvalue weighted by atomic mass is 9.79. The van der Waals surface area contributed by atoms with E-state index in [2.05, 4.69) is 11.0 Å². The third-order valence-electron chi connectivity index (χ3n) is 5.72. The van der Waals surface area contributed by atoms with Gasteiger partial charge in [-0.3, -0.25) is 9.80 Å². The summed E-state index contributed by atoms with van der Waals surface area (Å²) in [6, 6.07) is 8.79. The molecule has 0 aromatic heterocycles. The van der Waals surface area contributed by atoms with Crippen LogP contribution >= 0.6 is 0 Å². The van der Waals surface area contributed by atoms with E-state index in [1.807, 2.05) is 0 Å². The fourth-order valence-electron chi connectivity index (χ4n) is 4.69. The first-order chi connectivity index (χ1) is 14.0. The summed E-state index contributed by atoms with van der Waals surface area (Å²) in [6.07, 6.45) is -1.55. The number of hydrogen-bond acceptors (Lipinski definition) is 7. The molecule has 3 heterocycles. The molecule has 29 heavy (non-hydrogen) atoms. The molecule has 3 fully saturated rings. The molecule has 1 aromatic rings. The van der Waals surface area contributed by atoms with Crippen LogP contribution in [0.2, 0.25) is 0 Å². The SMILES string of the molecule is N#Cc1ccc(OC[C@@H](O)CN2CC3CN(C(=O)O)C4OCCOC4(C3)C2)cc1. The third-order valence-corrected chi connectivity index (χ3v) is 5.72. The van der Waals surface area contributed by atoms with Crippen LogP contribution < -0.4 is 4.74 Å². The molecule has 1 amide bonds. The minimum atomic E-state index is -0.987. The van der Waals surface area contributed by atoms with Crippen molar-refractivity contribution in [1.82, 2.24) is 9.80 Å². The van der Waals surface area contributed by atoms with Gasteiger partial charge in [0, 0.05) is 26.2 Å². The normalized spacial score (nSPS) is 30.1. The number of β-amino-alcohol motifs (C(OH)–C–C–N with tert-alkyl or cyclic N) is 1. The standard InChI is InChI=1S/C20H25N3O6/c21-8-14-1-3-17(4-2-14)28-12-16(24)11-22-9-15-7-20(13-22)18(27-5-6-29-20)23(10-15)19(25)26/h1-4,15-16,18,24H,5-7,9-13H2,(H,25,26)/t15?,16-,18?,20?/m0/s1. The highest BCUT2D eigenvalue weighted by atomic mass is 16.6. The lowest BCUT2D eigenvalue weighted by Gasteiger charge is -2.57. The molecule has 1 aromatic carbocycles. The Labute approximate surface area is 169 Å². The van der Waals surface area contributed by atoms with E-state index in [0.29, 0.717) is 50.7 Å². The number of ether oxygens (including phenoxy) is 3. The molecule has 9 nitrogen and oxygen atoms in total. The molecule has 0 aliphatic carbocycles. The van der Waals surface area contributed by atoms with Gasteiger partial charge in [-0.1, -0.05) is 0 Å². The molecular formula is C20H25N3O6. The number of likely N-dealkylation sites (tertiary alicyclic amines) is 2. The molecular weight excluding hydrogens is 378 g/mol. The number of benzene rings is 1. The Morgan fingerprint density at radius 1 is 1.34 bits per heavy atom. The van der Waals surface area contributed by atoms with Crippen LogP contribution in [0.1, 0.15) is 12.0 Å². The highest BCUT2D eigenvalue weighted by molar-refractivity contribution is 5.65. The highest BCUT2D eigenvalue weighted by Gasteiger charge is 2.56. The van der Waals surface area contributed by atoms with Crippen LogP contribution in [0.15, 0.2) is 24.3 Å². The highest BCUT2D eigenvalue weighted by Crippen LogP contribution is 2.41. The van der Waals surface area contributed by atoms with E-state index in [4.69, 9.17) is 19.5 Å². The van der Waals surface area contributed by atoms with E-state index in [1.54, 1.807) is 24.3 Å². The summed E-state index contributed by atoms with van der Waals surface area (Å²) in [6.45, 7) is 2.94. The summed E-state index contributed by atoms with van der Waals surface area (Å²) in [7, 11) is 0. The molecule has 3 unspecified atom stereocenters. The number of rotatable bonds is 5. The summed E-state index contributed by atoms with van der Waals surface area (Å²) in [4.78, 5) is 15.1. The fourth-order valence-corrected chi connectivity index (χ4v) is 4.69. The smallest absolute Gasteiger partial charge is 0.409 e. The maximum Gasteiger partial charge on any atom is 0.409 e. The number of carbonyl (C=O) groups is 1. The lowest BCUT2D eigenvalue weighted by molar-refractivity contribution is -0.284. The zero-order chi connectivity index (χ0) is 20.4. The topological polar surface area (TPSA) is 115 Å². The number of piperidine rings is 2. The molecule has 1 spiro atoms. The summed E-state index contributed by atoms with van der Waals surface area (Å²) in [5, 5.41) is 28.9. The van der Waals surface area contributed by atoms with Gasteiger partial charge in [-0.15, -0.1) is 0 Å². The molecule has 2 N–H and O–H groups in total. The van der Waals surface area contributed by atoms with Crippen molar-refractivity contribution in [2.24, 2.45) is 5.92 Å². The Morgan fingerprint density at radius 3 is 2.86 bits per heavy atom. The second kappa shape index (κ2) is 8.16. The number of amides is 1. The first-order valence-electron chi connectivity index (χ1n) is 9.77. The maximum absolute atomic E-state index is 11.7. The average molecular weight is 403 g/mol. The number of aliphatic hydroxyl groups excluding tert-OH is 1. The van der Waals surface area contributed by atoms with Gasteiger partial charge in [-0.2, -0.15) is 5.26 Å². The average Bonchev–Trinajstić information content (AvgIpc) is 2.71. The van der Waals surface area contributed by atoms with Crippen molar-refractivity contribution in [2.45, 2.75) is 24.4 Å². The van der Waals surface area contributed by atoms with Crippen LogP contribution in [-0.2, 0) is 9.47 Å². The van der Waals surface area contributed by atoms with E-state index >= 15 is 0 Å². The van der Waals surface area contributed by atoms with Crippen LogP contribution in [0.4, 0.5) is 4.79 Å². The molecule has 3 aliphatic rings. The van der Waals surface area contributed by atoms with Gasteiger partial charge in [0.2, 0.25) is 0 Å². The monoisotopic (exact) mass is 403 g/mol. The Morgan fingerprint density at radius 2 is 2.14 bits per heavy atom. The van der Waals surface area contributed by atoms with Gasteiger partial charge in [0.05, 0.1) is 24.8 Å². The van der Waals surface area contributed by atoms with Gasteiger partial charge in [0.1, 0.15) is 24.1 Å². The van der Waals surface area contributed by atoms with E-state index in [0.717, 1.165) is 6.42 Å². The van der Waals surface area contributed by atoms with E-state index in [9.17, 15) is 15.0 Å². The molecule has 9 heteroatoms. The third kappa shape index (κ3) is 4.16. The Bertz CT molecular complexity index is 781. The van der Waals surface area contributed by atoms with E-state index < -0.39 is 24.0 Å². The number of nitrogens with zero attached hydrogens (tertiary/aromatic N) is 3. The second-order valence-corrected chi connectivity index (χ2v) is 7.94. The molecule has 4 rings (SSSR count). The van der Waals surface area contributed by atoms with Gasteiger partial charge in [0.25, 0.3) is 0 Å². The van der Waals surface area contributed by atoms with Gasteiger partial charge in [0.15, 0.2) is 6.23 Å². The molecule has 0 radical (unpaired) electrons. The first kappa shape index (κ1) is 19.9. The number of aliphatic hydroxyl groups is 1. The minimum absolute atomic E-state index is 0.127. The van der Waals surface area contributed by atoms with Gasteiger partial charge < -0.3 is 24.4 Å². The van der Waals surface area contributed by atoms with Crippen molar-refractivity contribution in [3.05, 3.63) is 29.8 Å². The number of carboxylic acid groups (broad SMARTS) is 1. The molecule has 2 bridgehead atoms. The van der Waals surface area contributed by atoms with Crippen molar-refractivity contribution in [3.8, 4) is 11.8 Å². The molecule has 3 aliphatic heterocycles. The fraction of sp³-hybridized carbons (Fsp3) is 0.600. The van der Waals surface area contributed by atoms with Crippen LogP contribution in [-0.4, -0.2) is 90.0 Å². The Kier molecular flexibility index (Phi) is 5.61. The van der Waals surface area contributed by atoms with Gasteiger partial charge >= 0.3 is 6.09 Å².